The summed E-state index contributed by atoms with van der Waals surface area (Å²) in [6, 6.07) is 9.94. The fourth-order valence-electron chi connectivity index (χ4n) is 3.58. The maximum atomic E-state index is 11.6. The third-order valence-corrected chi connectivity index (χ3v) is 6.10. The van der Waals surface area contributed by atoms with Crippen molar-refractivity contribution in [3.8, 4) is 11.5 Å². The molecule has 2 aliphatic rings. The number of amides is 1. The zero-order valence-electron chi connectivity index (χ0n) is 17.7. The summed E-state index contributed by atoms with van der Waals surface area (Å²) in [6.45, 7) is 2.02. The molecule has 0 aromatic heterocycles. The highest BCUT2D eigenvalue weighted by Gasteiger charge is 2.30. The van der Waals surface area contributed by atoms with E-state index in [2.05, 4.69) is 10.5 Å². The van der Waals surface area contributed by atoms with Gasteiger partial charge in [-0.1, -0.05) is 11.8 Å². The minimum atomic E-state index is -0.440. The van der Waals surface area contributed by atoms with E-state index in [1.165, 1.54) is 23.9 Å². The zero-order valence-corrected chi connectivity index (χ0v) is 18.5. The average Bonchev–Trinajstić information content (AvgIpc) is 2.94. The van der Waals surface area contributed by atoms with Crippen LogP contribution in [0.5, 0.6) is 11.5 Å². The number of ether oxygens (including phenoxy) is 2. The number of nitro benzene ring substituents is 1. The largest absolute Gasteiger partial charge is 0.493 e. The van der Waals surface area contributed by atoms with Crippen molar-refractivity contribution < 1.29 is 19.2 Å². The quantitative estimate of drug-likeness (QED) is 0.556. The number of nitrogens with one attached hydrogen (secondary N) is 1. The van der Waals surface area contributed by atoms with Gasteiger partial charge in [0.1, 0.15) is 0 Å². The van der Waals surface area contributed by atoms with E-state index >= 15 is 0 Å². The number of methoxy groups -OCH3 is 2. The molecule has 1 atom stereocenters. The number of benzene rings is 2. The standard InChI is InChI=1S/C21H21N5O5S/c1-12-8-14-9-17(30-2)18(31-3)10-16(14)20(13-4-6-15(7-5-13)26(28)29)24-25(12)21-23-22-19(27)11-32-21/h4-7,9-10,12H,8,11H2,1-3H3,(H,22,27)/t12-/m0/s1. The van der Waals surface area contributed by atoms with E-state index in [0.29, 0.717) is 34.4 Å². The van der Waals surface area contributed by atoms with E-state index in [4.69, 9.17) is 14.6 Å². The first-order valence-corrected chi connectivity index (χ1v) is 10.8. The van der Waals surface area contributed by atoms with Crippen LogP contribution in [-0.2, 0) is 11.2 Å². The molecule has 32 heavy (non-hydrogen) atoms. The molecular weight excluding hydrogens is 434 g/mol. The summed E-state index contributed by atoms with van der Waals surface area (Å²) in [5, 5.41) is 22.5. The molecule has 0 bridgehead atoms. The van der Waals surface area contributed by atoms with Crippen molar-refractivity contribution in [1.82, 2.24) is 10.4 Å². The molecule has 2 heterocycles. The Morgan fingerprint density at radius 1 is 1.19 bits per heavy atom. The second kappa shape index (κ2) is 8.87. The van der Waals surface area contributed by atoms with Crippen molar-refractivity contribution in [2.24, 2.45) is 10.2 Å². The van der Waals surface area contributed by atoms with Crippen LogP contribution in [0.3, 0.4) is 0 Å². The Kier molecular flexibility index (Phi) is 5.99. The van der Waals surface area contributed by atoms with Gasteiger partial charge in [0.05, 0.1) is 36.6 Å². The van der Waals surface area contributed by atoms with Crippen LogP contribution in [0.2, 0.25) is 0 Å². The summed E-state index contributed by atoms with van der Waals surface area (Å²) in [5.41, 5.74) is 5.63. The van der Waals surface area contributed by atoms with Crippen molar-refractivity contribution >= 4 is 34.2 Å². The second-order valence-corrected chi connectivity index (χ2v) is 8.18. The SMILES string of the molecule is COc1cc2c(cc1OC)C(c1ccc([N+](=O)[O-])cc1)=NN(C1=NNC(=O)CS1)[C@@H](C)C2. The van der Waals surface area contributed by atoms with E-state index in [-0.39, 0.29) is 23.4 Å². The van der Waals surface area contributed by atoms with E-state index < -0.39 is 4.92 Å². The predicted molar refractivity (Wildman–Crippen MR) is 121 cm³/mol. The molecule has 0 unspecified atom stereocenters. The van der Waals surface area contributed by atoms with Gasteiger partial charge in [0.15, 0.2) is 11.5 Å². The molecule has 2 aliphatic heterocycles. The Hall–Kier alpha value is -3.60. The first-order chi connectivity index (χ1) is 15.4. The number of carbonyl (C=O) groups is 1. The third-order valence-electron chi connectivity index (χ3n) is 5.16. The Balaban J connectivity index is 1.88. The highest BCUT2D eigenvalue weighted by atomic mass is 32.2. The summed E-state index contributed by atoms with van der Waals surface area (Å²) in [5.74, 6) is 1.24. The molecule has 0 radical (unpaired) electrons. The van der Waals surface area contributed by atoms with Crippen molar-refractivity contribution in [2.45, 2.75) is 19.4 Å². The van der Waals surface area contributed by atoms with Crippen molar-refractivity contribution in [3.63, 3.8) is 0 Å². The van der Waals surface area contributed by atoms with Gasteiger partial charge < -0.3 is 9.47 Å². The van der Waals surface area contributed by atoms with Crippen LogP contribution in [0, 0.1) is 10.1 Å². The maximum absolute atomic E-state index is 11.6. The average molecular weight is 455 g/mol. The normalized spacial score (nSPS) is 18.0. The molecule has 0 aliphatic carbocycles. The van der Waals surface area contributed by atoms with Gasteiger partial charge in [-0.05, 0) is 43.2 Å². The number of non-ortho nitro benzene ring substituents is 1. The van der Waals surface area contributed by atoms with Gasteiger partial charge in [-0.25, -0.2) is 10.4 Å². The zero-order chi connectivity index (χ0) is 22.8. The van der Waals surface area contributed by atoms with Crippen molar-refractivity contribution in [3.05, 3.63) is 63.2 Å². The highest BCUT2D eigenvalue weighted by Crippen LogP contribution is 2.35. The molecule has 166 valence electrons. The fraction of sp³-hybridized carbons (Fsp3) is 0.286. The number of nitro groups is 1. The minimum absolute atomic E-state index is 0.00402. The molecule has 0 spiro atoms. The molecule has 1 amide bonds. The molecule has 11 heteroatoms. The summed E-state index contributed by atoms with van der Waals surface area (Å²) in [7, 11) is 3.15. The van der Waals surface area contributed by atoms with Gasteiger partial charge in [0.25, 0.3) is 11.6 Å². The molecule has 0 saturated heterocycles. The molecular formula is C21H21N5O5S. The van der Waals surface area contributed by atoms with Gasteiger partial charge in [-0.3, -0.25) is 14.9 Å². The van der Waals surface area contributed by atoms with Crippen LogP contribution < -0.4 is 14.9 Å². The minimum Gasteiger partial charge on any atom is -0.493 e. The number of thioether (sulfide) groups is 1. The van der Waals surface area contributed by atoms with E-state index in [1.54, 1.807) is 31.4 Å². The number of hydrazone groups is 2. The van der Waals surface area contributed by atoms with Crippen LogP contribution in [-0.4, -0.2) is 52.7 Å². The van der Waals surface area contributed by atoms with E-state index in [1.807, 2.05) is 19.1 Å². The van der Waals surface area contributed by atoms with Gasteiger partial charge >= 0.3 is 0 Å². The van der Waals surface area contributed by atoms with Gasteiger partial charge in [0.2, 0.25) is 5.17 Å². The Labute approximate surface area is 188 Å². The number of hydrogen-bond acceptors (Lipinski definition) is 9. The van der Waals surface area contributed by atoms with Crippen LogP contribution in [0.1, 0.15) is 23.6 Å². The molecule has 0 fully saturated rings. The predicted octanol–water partition coefficient (Wildman–Crippen LogP) is 2.75. The number of rotatable bonds is 4. The van der Waals surface area contributed by atoms with Gasteiger partial charge in [-0.15, -0.1) is 5.10 Å². The molecule has 2 aromatic carbocycles. The number of hydrogen-bond donors (Lipinski definition) is 1. The summed E-state index contributed by atoms with van der Waals surface area (Å²) >= 11 is 1.31. The Bertz CT molecular complexity index is 1130. The van der Waals surface area contributed by atoms with E-state index in [9.17, 15) is 14.9 Å². The first-order valence-electron chi connectivity index (χ1n) is 9.78. The van der Waals surface area contributed by atoms with Crippen molar-refractivity contribution in [2.75, 3.05) is 20.0 Å². The lowest BCUT2D eigenvalue weighted by atomic mass is 9.94. The summed E-state index contributed by atoms with van der Waals surface area (Å²) in [6.07, 6.45) is 0.628. The second-order valence-electron chi connectivity index (χ2n) is 7.23. The van der Waals surface area contributed by atoms with Crippen LogP contribution >= 0.6 is 11.8 Å². The lowest BCUT2D eigenvalue weighted by molar-refractivity contribution is -0.384. The topological polar surface area (TPSA) is 119 Å². The number of nitrogens with zero attached hydrogens (tertiary/aromatic N) is 4. The van der Waals surface area contributed by atoms with Crippen LogP contribution in [0.15, 0.2) is 46.6 Å². The summed E-state index contributed by atoms with van der Waals surface area (Å²) in [4.78, 5) is 22.2. The smallest absolute Gasteiger partial charge is 0.269 e. The van der Waals surface area contributed by atoms with Crippen LogP contribution in [0.4, 0.5) is 5.69 Å². The fourth-order valence-corrected chi connectivity index (χ4v) is 4.37. The molecule has 10 nitrogen and oxygen atoms in total. The van der Waals surface area contributed by atoms with Gasteiger partial charge in [-0.2, -0.15) is 5.10 Å². The number of amidine groups is 1. The number of fused-ring (bicyclic) bond motifs is 1. The molecule has 0 saturated carbocycles. The molecule has 2 aromatic rings. The molecule has 4 rings (SSSR count). The Morgan fingerprint density at radius 3 is 2.47 bits per heavy atom. The summed E-state index contributed by atoms with van der Waals surface area (Å²) < 4.78 is 11.0. The highest BCUT2D eigenvalue weighted by molar-refractivity contribution is 8.14. The number of carbonyl (C=O) groups excluding carboxylic acids is 1. The first kappa shape index (κ1) is 21.6. The monoisotopic (exact) mass is 455 g/mol. The third kappa shape index (κ3) is 4.11. The van der Waals surface area contributed by atoms with Crippen LogP contribution in [0.25, 0.3) is 0 Å². The van der Waals surface area contributed by atoms with E-state index in [0.717, 1.165) is 11.1 Å². The molecule has 1 N–H and O–H groups in total. The van der Waals surface area contributed by atoms with Gasteiger partial charge in [0, 0.05) is 23.3 Å². The lowest BCUT2D eigenvalue weighted by Gasteiger charge is -2.27. The maximum Gasteiger partial charge on any atom is 0.269 e. The van der Waals surface area contributed by atoms with Crippen molar-refractivity contribution in [1.29, 1.82) is 0 Å². The Morgan fingerprint density at radius 2 is 1.88 bits per heavy atom. The lowest BCUT2D eigenvalue weighted by Crippen LogP contribution is -2.39.